The lowest BCUT2D eigenvalue weighted by atomic mass is 10.2. The van der Waals surface area contributed by atoms with E-state index in [0.29, 0.717) is 0 Å². The normalized spacial score (nSPS) is 13.6. The van der Waals surface area contributed by atoms with Gasteiger partial charge in [-0.1, -0.05) is 5.92 Å². The fourth-order valence-electron chi connectivity index (χ4n) is 2.01. The number of halogens is 4. The van der Waals surface area contributed by atoms with Crippen molar-refractivity contribution in [3.8, 4) is 18.1 Å². The number of anilines is 2. The molecule has 2 rings (SSSR count). The van der Waals surface area contributed by atoms with Crippen molar-refractivity contribution in [2.45, 2.75) is 6.18 Å². The number of amides is 2. The summed E-state index contributed by atoms with van der Waals surface area (Å²) in [5, 5.41) is 2.67. The SMILES string of the molecule is C#CCN1C(=O)COc2cc(F)c(N(N=C)C(=O)C(F)(F)F)cc21. The number of nitrogens with zero attached hydrogens (tertiary/aromatic N) is 3. The standard InChI is InChI=1S/C14H9F4N3O3/c1-3-4-20-10-6-9(21(19-2)13(23)14(16,17)18)8(15)5-11(10)24-7-12(20)22/h1,5-6H,2,4,7H2. The maximum Gasteiger partial charge on any atom is 0.473 e. The largest absolute Gasteiger partial charge is 0.481 e. The number of hydrazone groups is 1. The fourth-order valence-corrected chi connectivity index (χ4v) is 2.01. The number of carbonyl (C=O) groups is 2. The Morgan fingerprint density at radius 3 is 2.71 bits per heavy atom. The number of benzene rings is 1. The first kappa shape index (κ1) is 17.3. The second kappa shape index (κ2) is 6.19. The Morgan fingerprint density at radius 2 is 2.17 bits per heavy atom. The van der Waals surface area contributed by atoms with Crippen molar-refractivity contribution in [2.24, 2.45) is 5.10 Å². The quantitative estimate of drug-likeness (QED) is 0.363. The molecule has 0 fully saturated rings. The Morgan fingerprint density at radius 1 is 1.50 bits per heavy atom. The monoisotopic (exact) mass is 343 g/mol. The molecule has 0 saturated carbocycles. The van der Waals surface area contributed by atoms with Crippen molar-refractivity contribution >= 4 is 29.9 Å². The van der Waals surface area contributed by atoms with Crippen LogP contribution in [0.4, 0.5) is 28.9 Å². The topological polar surface area (TPSA) is 62.2 Å². The van der Waals surface area contributed by atoms with Gasteiger partial charge in [0, 0.05) is 12.8 Å². The number of rotatable bonds is 3. The molecule has 1 heterocycles. The first-order chi connectivity index (χ1) is 11.2. The maximum atomic E-state index is 14.1. The zero-order chi connectivity index (χ0) is 18.1. The molecule has 0 saturated heterocycles. The summed E-state index contributed by atoms with van der Waals surface area (Å²) >= 11 is 0. The summed E-state index contributed by atoms with van der Waals surface area (Å²) < 4.78 is 56.9. The highest BCUT2D eigenvalue weighted by molar-refractivity contribution is 6.01. The number of terminal acetylenes is 1. The van der Waals surface area contributed by atoms with Crippen molar-refractivity contribution in [1.29, 1.82) is 0 Å². The van der Waals surface area contributed by atoms with Crippen molar-refractivity contribution in [3.63, 3.8) is 0 Å². The molecule has 126 valence electrons. The molecular weight excluding hydrogens is 334 g/mol. The van der Waals surface area contributed by atoms with Crippen molar-refractivity contribution in [1.82, 2.24) is 0 Å². The number of hydrogen-bond acceptors (Lipinski definition) is 4. The van der Waals surface area contributed by atoms with Crippen LogP contribution in [0.2, 0.25) is 0 Å². The molecule has 1 aromatic carbocycles. The zero-order valence-corrected chi connectivity index (χ0v) is 11.9. The zero-order valence-electron chi connectivity index (χ0n) is 11.9. The Hall–Kier alpha value is -3.09. The predicted octanol–water partition coefficient (Wildman–Crippen LogP) is 1.70. The smallest absolute Gasteiger partial charge is 0.473 e. The van der Waals surface area contributed by atoms with Gasteiger partial charge >= 0.3 is 12.1 Å². The van der Waals surface area contributed by atoms with E-state index in [1.165, 1.54) is 0 Å². The maximum absolute atomic E-state index is 14.1. The van der Waals surface area contributed by atoms with Crippen molar-refractivity contribution in [2.75, 3.05) is 23.1 Å². The molecule has 24 heavy (non-hydrogen) atoms. The molecule has 0 aromatic heterocycles. The van der Waals surface area contributed by atoms with Gasteiger partial charge in [0.05, 0.1) is 12.2 Å². The Balaban J connectivity index is 2.57. The molecule has 0 radical (unpaired) electrons. The molecule has 2 amide bonds. The minimum absolute atomic E-state index is 0.0794. The molecule has 1 aliphatic rings. The number of carbonyl (C=O) groups excluding carboxylic acids is 2. The summed E-state index contributed by atoms with van der Waals surface area (Å²) in [6, 6.07) is 1.56. The molecule has 10 heteroatoms. The van der Waals surface area contributed by atoms with Crippen LogP contribution >= 0.6 is 0 Å². The van der Waals surface area contributed by atoms with E-state index >= 15 is 0 Å². The highest BCUT2D eigenvalue weighted by Gasteiger charge is 2.44. The van der Waals surface area contributed by atoms with E-state index in [1.807, 2.05) is 0 Å². The van der Waals surface area contributed by atoms with Gasteiger partial charge in [0.1, 0.15) is 11.4 Å². The summed E-state index contributed by atoms with van der Waals surface area (Å²) in [4.78, 5) is 24.2. The van der Waals surface area contributed by atoms with E-state index in [-0.39, 0.29) is 23.0 Å². The highest BCUT2D eigenvalue weighted by atomic mass is 19.4. The van der Waals surface area contributed by atoms with Crippen molar-refractivity contribution in [3.05, 3.63) is 17.9 Å². The van der Waals surface area contributed by atoms with Gasteiger partial charge in [0.25, 0.3) is 5.91 Å². The molecule has 0 spiro atoms. The fraction of sp³-hybridized carbons (Fsp3) is 0.214. The average Bonchev–Trinajstić information content (AvgIpc) is 2.51. The van der Waals surface area contributed by atoms with Gasteiger partial charge in [-0.15, -0.1) is 6.42 Å². The average molecular weight is 343 g/mol. The van der Waals surface area contributed by atoms with Gasteiger partial charge in [0.2, 0.25) is 0 Å². The second-order valence-corrected chi connectivity index (χ2v) is 4.50. The third kappa shape index (κ3) is 3.01. The van der Waals surface area contributed by atoms with Crippen LogP contribution in [0.3, 0.4) is 0 Å². The third-order valence-electron chi connectivity index (χ3n) is 3.03. The first-order valence-electron chi connectivity index (χ1n) is 6.28. The molecule has 0 atom stereocenters. The Kier molecular flexibility index (Phi) is 4.45. The van der Waals surface area contributed by atoms with Gasteiger partial charge in [-0.3, -0.25) is 14.5 Å². The Bertz CT molecular complexity index is 755. The van der Waals surface area contributed by atoms with Crippen LogP contribution < -0.4 is 14.6 Å². The van der Waals surface area contributed by atoms with Gasteiger partial charge in [-0.05, 0) is 6.07 Å². The first-order valence-corrected chi connectivity index (χ1v) is 6.28. The molecule has 6 nitrogen and oxygen atoms in total. The molecule has 0 bridgehead atoms. The molecule has 1 aliphatic heterocycles. The minimum atomic E-state index is -5.30. The van der Waals surface area contributed by atoms with Crippen LogP contribution in [0.15, 0.2) is 17.2 Å². The van der Waals surface area contributed by atoms with Crippen LogP contribution in [0.5, 0.6) is 5.75 Å². The highest BCUT2D eigenvalue weighted by Crippen LogP contribution is 2.38. The van der Waals surface area contributed by atoms with E-state index in [2.05, 4.69) is 17.7 Å². The summed E-state index contributed by atoms with van der Waals surface area (Å²) in [6.07, 6.45) is -0.160. The lowest BCUT2D eigenvalue weighted by Crippen LogP contribution is -2.40. The van der Waals surface area contributed by atoms with Crippen LogP contribution in [0.25, 0.3) is 0 Å². The van der Waals surface area contributed by atoms with Crippen LogP contribution in [-0.4, -0.2) is 37.9 Å². The molecule has 0 unspecified atom stereocenters. The van der Waals surface area contributed by atoms with E-state index in [0.717, 1.165) is 17.0 Å². The lowest BCUT2D eigenvalue weighted by Gasteiger charge is -2.29. The van der Waals surface area contributed by atoms with Gasteiger partial charge in [-0.2, -0.15) is 23.3 Å². The van der Waals surface area contributed by atoms with Crippen LogP contribution in [0.1, 0.15) is 0 Å². The minimum Gasteiger partial charge on any atom is -0.481 e. The van der Waals surface area contributed by atoms with E-state index in [4.69, 9.17) is 11.2 Å². The van der Waals surface area contributed by atoms with E-state index in [9.17, 15) is 27.2 Å². The van der Waals surface area contributed by atoms with Crippen molar-refractivity contribution < 1.29 is 31.9 Å². The number of ether oxygens (including phenoxy) is 1. The van der Waals surface area contributed by atoms with Gasteiger partial charge < -0.3 is 4.74 Å². The number of hydrogen-bond donors (Lipinski definition) is 0. The molecular formula is C14H9F4N3O3. The number of fused-ring (bicyclic) bond motifs is 1. The third-order valence-corrected chi connectivity index (χ3v) is 3.03. The van der Waals surface area contributed by atoms with E-state index in [1.54, 1.807) is 0 Å². The molecule has 0 aliphatic carbocycles. The predicted molar refractivity (Wildman–Crippen MR) is 76.2 cm³/mol. The second-order valence-electron chi connectivity index (χ2n) is 4.50. The number of alkyl halides is 3. The molecule has 0 N–H and O–H groups in total. The van der Waals surface area contributed by atoms with Gasteiger partial charge in [0.15, 0.2) is 12.4 Å². The summed E-state index contributed by atoms with van der Waals surface area (Å²) in [6.45, 7) is 2.22. The summed E-state index contributed by atoms with van der Waals surface area (Å²) in [5.74, 6) is -2.14. The summed E-state index contributed by atoms with van der Waals surface area (Å²) in [5.41, 5.74) is -0.921. The van der Waals surface area contributed by atoms with Gasteiger partial charge in [-0.25, -0.2) is 4.39 Å². The van der Waals surface area contributed by atoms with E-state index < -0.39 is 36.1 Å². The summed E-state index contributed by atoms with van der Waals surface area (Å²) in [7, 11) is 0. The van der Waals surface area contributed by atoms with Crippen LogP contribution in [-0.2, 0) is 9.59 Å². The van der Waals surface area contributed by atoms with Crippen LogP contribution in [0, 0.1) is 18.2 Å². The Labute approximate surface area is 133 Å². The molecule has 1 aromatic rings. The lowest BCUT2D eigenvalue weighted by molar-refractivity contribution is -0.170.